The van der Waals surface area contributed by atoms with Crippen LogP contribution in [0.15, 0.2) is 54.6 Å². The highest BCUT2D eigenvalue weighted by molar-refractivity contribution is 5.97. The van der Waals surface area contributed by atoms with Gasteiger partial charge in [0.1, 0.15) is 5.54 Å². The predicted molar refractivity (Wildman–Crippen MR) is 123 cm³/mol. The Morgan fingerprint density at radius 2 is 1.79 bits per heavy atom. The molecule has 0 saturated heterocycles. The molecule has 4 rings (SSSR count). The van der Waals surface area contributed by atoms with Crippen molar-refractivity contribution in [2.24, 2.45) is 0 Å². The van der Waals surface area contributed by atoms with Crippen LogP contribution in [-0.2, 0) is 15.1 Å². The second-order valence-corrected chi connectivity index (χ2v) is 8.27. The number of hydrogen-bond acceptors (Lipinski definition) is 6. The number of fused-ring (bicyclic) bond motifs is 1. The SMILES string of the molecule is Cc1cccc([C@]2([C@H](Oc3nc(C)cc(C)n3)C(=O)O)NCC(=O)N(C)c3ccccc32)c1. The van der Waals surface area contributed by atoms with E-state index in [1.165, 1.54) is 4.90 Å². The first-order chi connectivity index (χ1) is 15.7. The number of benzene rings is 2. The first kappa shape index (κ1) is 22.4. The van der Waals surface area contributed by atoms with Gasteiger partial charge in [0.05, 0.1) is 6.54 Å². The van der Waals surface area contributed by atoms with Crippen molar-refractivity contribution in [1.82, 2.24) is 15.3 Å². The molecule has 0 radical (unpaired) electrons. The van der Waals surface area contributed by atoms with Crippen LogP contribution < -0.4 is 15.0 Å². The molecule has 0 spiro atoms. The zero-order valence-corrected chi connectivity index (χ0v) is 19.0. The number of aryl methyl sites for hydroxylation is 3. The topological polar surface area (TPSA) is 105 Å². The fraction of sp³-hybridized carbons (Fsp3) is 0.280. The molecular weight excluding hydrogens is 420 g/mol. The van der Waals surface area contributed by atoms with E-state index in [4.69, 9.17) is 4.74 Å². The molecule has 1 aromatic heterocycles. The number of likely N-dealkylation sites (N-methyl/N-ethyl adjacent to an activating group) is 1. The van der Waals surface area contributed by atoms with Crippen LogP contribution in [0, 0.1) is 20.8 Å². The highest BCUT2D eigenvalue weighted by Crippen LogP contribution is 2.41. The average molecular weight is 447 g/mol. The van der Waals surface area contributed by atoms with E-state index in [1.807, 2.05) is 49.4 Å². The second kappa shape index (κ2) is 8.63. The second-order valence-electron chi connectivity index (χ2n) is 8.27. The number of anilines is 1. The molecule has 1 aliphatic rings. The summed E-state index contributed by atoms with van der Waals surface area (Å²) in [5.74, 6) is -1.40. The van der Waals surface area contributed by atoms with Crippen LogP contribution in [0.2, 0.25) is 0 Å². The quantitative estimate of drug-likeness (QED) is 0.621. The smallest absolute Gasteiger partial charge is 0.347 e. The van der Waals surface area contributed by atoms with Crippen molar-refractivity contribution < 1.29 is 19.4 Å². The van der Waals surface area contributed by atoms with Gasteiger partial charge >= 0.3 is 12.0 Å². The van der Waals surface area contributed by atoms with Crippen LogP contribution in [0.4, 0.5) is 5.69 Å². The molecule has 0 fully saturated rings. The lowest BCUT2D eigenvalue weighted by Gasteiger charge is -2.39. The first-order valence-corrected chi connectivity index (χ1v) is 10.6. The van der Waals surface area contributed by atoms with Gasteiger partial charge in [0.15, 0.2) is 0 Å². The lowest BCUT2D eigenvalue weighted by molar-refractivity contribution is -0.149. The molecule has 2 atom stereocenters. The molecule has 2 N–H and O–H groups in total. The molecule has 8 heteroatoms. The molecule has 170 valence electrons. The van der Waals surface area contributed by atoms with E-state index in [-0.39, 0.29) is 18.5 Å². The number of carboxylic acid groups (broad SMARTS) is 1. The number of rotatable bonds is 5. The predicted octanol–water partition coefficient (Wildman–Crippen LogP) is 2.74. The fourth-order valence-corrected chi connectivity index (χ4v) is 4.37. The Kier molecular flexibility index (Phi) is 5.86. The number of para-hydroxylation sites is 1. The first-order valence-electron chi connectivity index (χ1n) is 10.6. The highest BCUT2D eigenvalue weighted by atomic mass is 16.5. The Morgan fingerprint density at radius 3 is 2.45 bits per heavy atom. The Labute approximate surface area is 192 Å². The van der Waals surface area contributed by atoms with Crippen LogP contribution in [0.3, 0.4) is 0 Å². The minimum atomic E-state index is -1.47. The summed E-state index contributed by atoms with van der Waals surface area (Å²) in [5, 5.41) is 13.7. The van der Waals surface area contributed by atoms with E-state index < -0.39 is 17.6 Å². The molecule has 1 amide bonds. The number of amides is 1. The lowest BCUT2D eigenvalue weighted by Crippen LogP contribution is -2.58. The number of aromatic nitrogens is 2. The maximum atomic E-state index is 12.9. The maximum absolute atomic E-state index is 12.9. The number of ether oxygens (including phenoxy) is 1. The highest BCUT2D eigenvalue weighted by Gasteiger charge is 2.51. The Morgan fingerprint density at radius 1 is 1.09 bits per heavy atom. The van der Waals surface area contributed by atoms with Crippen molar-refractivity contribution in [2.45, 2.75) is 32.4 Å². The minimum Gasteiger partial charge on any atom is -0.478 e. The van der Waals surface area contributed by atoms with Crippen molar-refractivity contribution in [2.75, 3.05) is 18.5 Å². The van der Waals surface area contributed by atoms with Crippen molar-refractivity contribution in [3.8, 4) is 6.01 Å². The molecule has 3 aromatic rings. The van der Waals surface area contributed by atoms with Gasteiger partial charge in [0.2, 0.25) is 12.0 Å². The van der Waals surface area contributed by atoms with E-state index >= 15 is 0 Å². The number of hydrogen-bond donors (Lipinski definition) is 2. The molecule has 0 unspecified atom stereocenters. The Hall–Kier alpha value is -3.78. The van der Waals surface area contributed by atoms with Crippen LogP contribution in [0.1, 0.15) is 28.1 Å². The zero-order chi connectivity index (χ0) is 23.8. The van der Waals surface area contributed by atoms with E-state index in [2.05, 4.69) is 15.3 Å². The summed E-state index contributed by atoms with van der Waals surface area (Å²) in [6.07, 6.45) is -1.47. The minimum absolute atomic E-state index is 0.0323. The van der Waals surface area contributed by atoms with Gasteiger partial charge in [0, 0.05) is 29.7 Å². The maximum Gasteiger partial charge on any atom is 0.347 e. The summed E-state index contributed by atoms with van der Waals surface area (Å²) in [7, 11) is 1.68. The van der Waals surface area contributed by atoms with Gasteiger partial charge in [-0.25, -0.2) is 14.8 Å². The van der Waals surface area contributed by atoms with Gasteiger partial charge in [-0.3, -0.25) is 10.1 Å². The summed E-state index contributed by atoms with van der Waals surface area (Å²) >= 11 is 0. The molecule has 0 saturated carbocycles. The number of aliphatic carboxylic acids is 1. The van der Waals surface area contributed by atoms with Gasteiger partial charge in [-0.05, 0) is 38.5 Å². The van der Waals surface area contributed by atoms with E-state index in [9.17, 15) is 14.7 Å². The third-order valence-electron chi connectivity index (χ3n) is 5.86. The van der Waals surface area contributed by atoms with Crippen molar-refractivity contribution >= 4 is 17.6 Å². The largest absolute Gasteiger partial charge is 0.478 e. The average Bonchev–Trinajstić information content (AvgIpc) is 2.87. The molecule has 33 heavy (non-hydrogen) atoms. The van der Waals surface area contributed by atoms with Gasteiger partial charge in [-0.15, -0.1) is 0 Å². The van der Waals surface area contributed by atoms with E-state index in [1.54, 1.807) is 33.0 Å². The van der Waals surface area contributed by atoms with E-state index in [0.29, 0.717) is 28.2 Å². The van der Waals surface area contributed by atoms with Gasteiger partial charge in [0.25, 0.3) is 0 Å². The Bertz CT molecular complexity index is 1210. The summed E-state index contributed by atoms with van der Waals surface area (Å²) in [6.45, 7) is 5.43. The van der Waals surface area contributed by atoms with Crippen molar-refractivity contribution in [3.05, 3.63) is 82.7 Å². The molecule has 0 bridgehead atoms. The molecule has 2 aromatic carbocycles. The van der Waals surface area contributed by atoms with Crippen LogP contribution in [0.25, 0.3) is 0 Å². The summed E-state index contributed by atoms with van der Waals surface area (Å²) in [4.78, 5) is 35.8. The van der Waals surface area contributed by atoms with Gasteiger partial charge in [-0.1, -0.05) is 48.0 Å². The van der Waals surface area contributed by atoms with Crippen molar-refractivity contribution in [1.29, 1.82) is 0 Å². The van der Waals surface area contributed by atoms with Gasteiger partial charge < -0.3 is 14.7 Å². The Balaban J connectivity index is 2.01. The number of nitrogens with zero attached hydrogens (tertiary/aromatic N) is 3. The standard InChI is InChI=1S/C25H26N4O4/c1-15-8-7-9-18(12-15)25(19-10-5-6-11-20(19)29(4)21(30)14-26-25)22(23(31)32)33-24-27-16(2)13-17(3)28-24/h5-13,22,26H,14H2,1-4H3,(H,31,32)/t22-,25+/m1/s1. The normalized spacial score (nSPS) is 18.9. The van der Waals surface area contributed by atoms with Gasteiger partial charge in [-0.2, -0.15) is 0 Å². The molecule has 0 aliphatic carbocycles. The summed E-state index contributed by atoms with van der Waals surface area (Å²) < 4.78 is 6.04. The summed E-state index contributed by atoms with van der Waals surface area (Å²) in [6, 6.07) is 16.6. The molecule has 1 aliphatic heterocycles. The molecule has 8 nitrogen and oxygen atoms in total. The number of carbonyl (C=O) groups is 2. The number of carboxylic acids is 1. The fourth-order valence-electron chi connectivity index (χ4n) is 4.37. The number of carbonyl (C=O) groups excluding carboxylic acids is 1. The van der Waals surface area contributed by atoms with Crippen LogP contribution in [-0.4, -0.2) is 46.6 Å². The third kappa shape index (κ3) is 4.05. The monoisotopic (exact) mass is 446 g/mol. The van der Waals surface area contributed by atoms with Crippen molar-refractivity contribution in [3.63, 3.8) is 0 Å². The van der Waals surface area contributed by atoms with Crippen LogP contribution in [0.5, 0.6) is 6.01 Å². The molecule has 2 heterocycles. The van der Waals surface area contributed by atoms with Crippen LogP contribution >= 0.6 is 0 Å². The zero-order valence-electron chi connectivity index (χ0n) is 19.0. The summed E-state index contributed by atoms with van der Waals surface area (Å²) in [5.41, 5.74) is 2.75. The van der Waals surface area contributed by atoms with E-state index in [0.717, 1.165) is 5.56 Å². The number of nitrogens with one attached hydrogen (secondary N) is 1. The third-order valence-corrected chi connectivity index (χ3v) is 5.86. The lowest BCUT2D eigenvalue weighted by atomic mass is 9.76. The molecular formula is C25H26N4O4.